The Morgan fingerprint density at radius 2 is 2.29 bits per heavy atom. The minimum Gasteiger partial charge on any atom is -0.394 e. The van der Waals surface area contributed by atoms with E-state index in [0.29, 0.717) is 6.54 Å². The lowest BCUT2D eigenvalue weighted by Gasteiger charge is -2.31. The second kappa shape index (κ2) is 5.98. The molecule has 0 aliphatic carbocycles. The van der Waals surface area contributed by atoms with Crippen LogP contribution in [0.15, 0.2) is 18.3 Å². The Labute approximate surface area is 102 Å². The van der Waals surface area contributed by atoms with Crippen LogP contribution in [0.2, 0.25) is 0 Å². The number of aromatic nitrogens is 1. The molecule has 1 aromatic rings. The van der Waals surface area contributed by atoms with Crippen molar-refractivity contribution in [1.82, 2.24) is 4.98 Å². The topological polar surface area (TPSA) is 62.4 Å². The minimum absolute atomic E-state index is 0.223. The largest absolute Gasteiger partial charge is 0.394 e. The minimum atomic E-state index is 0.223. The van der Waals surface area contributed by atoms with Gasteiger partial charge in [0.1, 0.15) is 0 Å². The summed E-state index contributed by atoms with van der Waals surface area (Å²) in [6.45, 7) is 1.70. The second-order valence-corrected chi connectivity index (χ2v) is 4.59. The van der Waals surface area contributed by atoms with Gasteiger partial charge in [-0.05, 0) is 25.0 Å². The summed E-state index contributed by atoms with van der Waals surface area (Å²) in [5, 5.41) is 9.49. The average molecular weight is 235 g/mol. The first-order valence-electron chi connectivity index (χ1n) is 6.37. The predicted molar refractivity (Wildman–Crippen MR) is 68.8 cm³/mol. The van der Waals surface area contributed by atoms with Gasteiger partial charge in [-0.3, -0.25) is 4.98 Å². The zero-order valence-corrected chi connectivity index (χ0v) is 10.2. The summed E-state index contributed by atoms with van der Waals surface area (Å²) >= 11 is 0. The van der Waals surface area contributed by atoms with Gasteiger partial charge in [0, 0.05) is 25.0 Å². The molecule has 0 spiro atoms. The molecule has 1 unspecified atom stereocenters. The molecule has 1 aliphatic heterocycles. The van der Waals surface area contributed by atoms with E-state index in [-0.39, 0.29) is 12.6 Å². The summed E-state index contributed by atoms with van der Waals surface area (Å²) < 4.78 is 0. The lowest BCUT2D eigenvalue weighted by Crippen LogP contribution is -2.37. The van der Waals surface area contributed by atoms with Gasteiger partial charge in [0.25, 0.3) is 0 Å². The number of aliphatic hydroxyl groups excluding tert-OH is 1. The molecule has 4 heteroatoms. The molecule has 94 valence electrons. The third-order valence-corrected chi connectivity index (χ3v) is 3.43. The summed E-state index contributed by atoms with van der Waals surface area (Å²) in [5.41, 5.74) is 7.66. The normalized spacial score (nSPS) is 21.3. The fraction of sp³-hybridized carbons (Fsp3) is 0.615. The molecule has 0 bridgehead atoms. The quantitative estimate of drug-likeness (QED) is 0.828. The van der Waals surface area contributed by atoms with E-state index >= 15 is 0 Å². The van der Waals surface area contributed by atoms with E-state index in [2.05, 4.69) is 9.88 Å². The molecule has 3 N–H and O–H groups in total. The standard InChI is InChI=1S/C13H21N3O/c14-9-11-8-12(5-6-15-11)16-7-3-1-2-4-13(16)10-17/h5-6,8,13,17H,1-4,7,9-10,14H2. The van der Waals surface area contributed by atoms with Gasteiger partial charge in [-0.15, -0.1) is 0 Å². The number of rotatable bonds is 3. The molecule has 4 nitrogen and oxygen atoms in total. The maximum absolute atomic E-state index is 9.49. The molecule has 2 heterocycles. The van der Waals surface area contributed by atoms with E-state index < -0.39 is 0 Å². The van der Waals surface area contributed by atoms with Crippen LogP contribution in [0.5, 0.6) is 0 Å². The van der Waals surface area contributed by atoms with Gasteiger partial charge >= 0.3 is 0 Å². The van der Waals surface area contributed by atoms with Gasteiger partial charge in [-0.25, -0.2) is 0 Å². The summed E-state index contributed by atoms with van der Waals surface area (Å²) in [5.74, 6) is 0. The van der Waals surface area contributed by atoms with Gasteiger partial charge < -0.3 is 15.7 Å². The molecule has 17 heavy (non-hydrogen) atoms. The Hall–Kier alpha value is -1.13. The molecule has 0 saturated carbocycles. The number of pyridine rings is 1. The predicted octanol–water partition coefficient (Wildman–Crippen LogP) is 1.28. The first-order valence-corrected chi connectivity index (χ1v) is 6.37. The van der Waals surface area contributed by atoms with Gasteiger partial charge in [0.2, 0.25) is 0 Å². The number of nitrogens with zero attached hydrogens (tertiary/aromatic N) is 2. The van der Waals surface area contributed by atoms with Crippen LogP contribution >= 0.6 is 0 Å². The van der Waals surface area contributed by atoms with Crippen molar-refractivity contribution in [2.45, 2.75) is 38.3 Å². The fourth-order valence-corrected chi connectivity index (χ4v) is 2.46. The van der Waals surface area contributed by atoms with E-state index in [1.54, 1.807) is 6.20 Å². The smallest absolute Gasteiger partial charge is 0.0635 e. The molecule has 1 fully saturated rings. The van der Waals surface area contributed by atoms with Crippen LogP contribution in [0.1, 0.15) is 31.4 Å². The van der Waals surface area contributed by atoms with Gasteiger partial charge in [-0.1, -0.05) is 12.8 Å². The lowest BCUT2D eigenvalue weighted by molar-refractivity contribution is 0.255. The Balaban J connectivity index is 2.21. The van der Waals surface area contributed by atoms with Crippen molar-refractivity contribution in [1.29, 1.82) is 0 Å². The van der Waals surface area contributed by atoms with Crippen LogP contribution in [0.25, 0.3) is 0 Å². The van der Waals surface area contributed by atoms with Crippen molar-refractivity contribution in [3.8, 4) is 0 Å². The van der Waals surface area contributed by atoms with Crippen LogP contribution in [0, 0.1) is 0 Å². The van der Waals surface area contributed by atoms with Crippen molar-refractivity contribution in [3.63, 3.8) is 0 Å². The van der Waals surface area contributed by atoms with Crippen molar-refractivity contribution in [3.05, 3.63) is 24.0 Å². The van der Waals surface area contributed by atoms with Crippen molar-refractivity contribution in [2.24, 2.45) is 5.73 Å². The highest BCUT2D eigenvalue weighted by Crippen LogP contribution is 2.24. The maximum atomic E-state index is 9.49. The zero-order valence-electron chi connectivity index (χ0n) is 10.2. The monoisotopic (exact) mass is 235 g/mol. The summed E-state index contributed by atoms with van der Waals surface area (Å²) in [4.78, 5) is 6.51. The Morgan fingerprint density at radius 3 is 3.06 bits per heavy atom. The van der Waals surface area contributed by atoms with Crippen LogP contribution < -0.4 is 10.6 Å². The van der Waals surface area contributed by atoms with E-state index in [9.17, 15) is 5.11 Å². The summed E-state index contributed by atoms with van der Waals surface area (Å²) in [7, 11) is 0. The highest BCUT2D eigenvalue weighted by molar-refractivity contribution is 5.47. The van der Waals surface area contributed by atoms with E-state index in [0.717, 1.165) is 24.3 Å². The number of anilines is 1. The zero-order chi connectivity index (χ0) is 12.1. The number of hydrogen-bond acceptors (Lipinski definition) is 4. The molecule has 1 atom stereocenters. The molecule has 1 saturated heterocycles. The summed E-state index contributed by atoms with van der Waals surface area (Å²) in [6, 6.07) is 4.28. The SMILES string of the molecule is NCc1cc(N2CCCCCC2CO)ccn1. The average Bonchev–Trinajstić information content (AvgIpc) is 2.63. The number of nitrogens with two attached hydrogens (primary N) is 1. The van der Waals surface area contributed by atoms with Gasteiger partial charge in [0.15, 0.2) is 0 Å². The van der Waals surface area contributed by atoms with Crippen LogP contribution in [-0.2, 0) is 6.54 Å². The molecule has 1 aromatic heterocycles. The van der Waals surface area contributed by atoms with Crippen LogP contribution in [-0.4, -0.2) is 29.3 Å². The van der Waals surface area contributed by atoms with E-state index in [4.69, 9.17) is 5.73 Å². The van der Waals surface area contributed by atoms with Crippen LogP contribution in [0.3, 0.4) is 0 Å². The molecule has 0 amide bonds. The summed E-state index contributed by atoms with van der Waals surface area (Å²) in [6.07, 6.45) is 6.52. The number of aliphatic hydroxyl groups is 1. The first-order chi connectivity index (χ1) is 8.35. The lowest BCUT2D eigenvalue weighted by atomic mass is 10.1. The third-order valence-electron chi connectivity index (χ3n) is 3.43. The Kier molecular flexibility index (Phi) is 4.34. The molecular formula is C13H21N3O. The first kappa shape index (κ1) is 12.3. The van der Waals surface area contributed by atoms with Crippen molar-refractivity contribution in [2.75, 3.05) is 18.1 Å². The van der Waals surface area contributed by atoms with Gasteiger partial charge in [-0.2, -0.15) is 0 Å². The van der Waals surface area contributed by atoms with Crippen molar-refractivity contribution >= 4 is 5.69 Å². The van der Waals surface area contributed by atoms with Crippen molar-refractivity contribution < 1.29 is 5.11 Å². The molecule has 0 radical (unpaired) electrons. The Morgan fingerprint density at radius 1 is 1.41 bits per heavy atom. The van der Waals surface area contributed by atoms with Gasteiger partial charge in [0.05, 0.1) is 18.3 Å². The fourth-order valence-electron chi connectivity index (χ4n) is 2.46. The maximum Gasteiger partial charge on any atom is 0.0635 e. The highest BCUT2D eigenvalue weighted by Gasteiger charge is 2.20. The molecule has 0 aromatic carbocycles. The molecule has 2 rings (SSSR count). The van der Waals surface area contributed by atoms with E-state index in [1.807, 2.05) is 12.1 Å². The second-order valence-electron chi connectivity index (χ2n) is 4.59. The third kappa shape index (κ3) is 2.96. The van der Waals surface area contributed by atoms with Crippen LogP contribution in [0.4, 0.5) is 5.69 Å². The van der Waals surface area contributed by atoms with E-state index in [1.165, 1.54) is 19.3 Å². The number of hydrogen-bond donors (Lipinski definition) is 2. The Bertz CT molecular complexity index is 356. The molecule has 1 aliphatic rings. The highest BCUT2D eigenvalue weighted by atomic mass is 16.3. The molecular weight excluding hydrogens is 214 g/mol.